The second kappa shape index (κ2) is 8.48. The molecule has 0 aliphatic carbocycles. The van der Waals surface area contributed by atoms with E-state index in [4.69, 9.17) is 9.05 Å². The first-order valence-electron chi connectivity index (χ1n) is 10.3. The first-order valence-corrected chi connectivity index (χ1v) is 11.2. The molecule has 0 aliphatic rings. The van der Waals surface area contributed by atoms with Crippen LogP contribution in [0, 0.1) is 20.8 Å². The molecular weight excluding hydrogens is 436 g/mol. The average molecular weight is 457 g/mol. The third-order valence-electron chi connectivity index (χ3n) is 5.36. The molecule has 5 rings (SSSR count). The predicted octanol–water partition coefficient (Wildman–Crippen LogP) is 6.30. The van der Waals surface area contributed by atoms with Crippen molar-refractivity contribution in [2.24, 2.45) is 0 Å². The summed E-state index contributed by atoms with van der Waals surface area (Å²) < 4.78 is 10.9. The number of carbonyl (C=O) groups is 1. The number of thiophene rings is 1. The molecule has 0 saturated carbocycles. The van der Waals surface area contributed by atoms with Gasteiger partial charge < -0.3 is 14.4 Å². The van der Waals surface area contributed by atoms with E-state index >= 15 is 0 Å². The molecule has 1 amide bonds. The smallest absolute Gasteiger partial charge is 0.278 e. The Balaban J connectivity index is 1.43. The molecule has 7 nitrogen and oxygen atoms in total. The fourth-order valence-electron chi connectivity index (χ4n) is 3.41. The highest BCUT2D eigenvalue weighted by Gasteiger charge is 2.23. The molecule has 8 heteroatoms. The van der Waals surface area contributed by atoms with Crippen LogP contribution in [0.3, 0.4) is 0 Å². The SMILES string of the molecule is Cc1ccc(-c2noc(-c3c(NC(=O)c4cc(-c5ccccc5)on4)sc(C)c3C)n2)cc1. The van der Waals surface area contributed by atoms with Gasteiger partial charge in [-0.2, -0.15) is 4.98 Å². The van der Waals surface area contributed by atoms with E-state index in [1.807, 2.05) is 75.4 Å². The minimum absolute atomic E-state index is 0.189. The molecule has 5 aromatic rings. The van der Waals surface area contributed by atoms with Crippen molar-refractivity contribution in [1.29, 1.82) is 0 Å². The summed E-state index contributed by atoms with van der Waals surface area (Å²) in [6.45, 7) is 5.98. The Morgan fingerprint density at radius 1 is 0.909 bits per heavy atom. The minimum atomic E-state index is -0.373. The van der Waals surface area contributed by atoms with E-state index in [0.717, 1.165) is 27.1 Å². The highest BCUT2D eigenvalue weighted by molar-refractivity contribution is 7.17. The summed E-state index contributed by atoms with van der Waals surface area (Å²) in [7, 11) is 0. The predicted molar refractivity (Wildman–Crippen MR) is 127 cm³/mol. The first kappa shape index (κ1) is 20.8. The summed E-state index contributed by atoms with van der Waals surface area (Å²) in [6, 6.07) is 19.0. The van der Waals surface area contributed by atoms with Crippen molar-refractivity contribution in [2.75, 3.05) is 5.32 Å². The average Bonchev–Trinajstić information content (AvgIpc) is 3.55. The third kappa shape index (κ3) is 4.08. The van der Waals surface area contributed by atoms with Crippen molar-refractivity contribution >= 4 is 22.2 Å². The largest absolute Gasteiger partial charge is 0.355 e. The fraction of sp³-hybridized carbons (Fsp3) is 0.120. The van der Waals surface area contributed by atoms with Gasteiger partial charge in [-0.3, -0.25) is 4.79 Å². The Bertz CT molecular complexity index is 1430. The van der Waals surface area contributed by atoms with Crippen molar-refractivity contribution < 1.29 is 13.8 Å². The van der Waals surface area contributed by atoms with E-state index in [-0.39, 0.29) is 11.6 Å². The highest BCUT2D eigenvalue weighted by Crippen LogP contribution is 2.40. The first-order chi connectivity index (χ1) is 16.0. The Kier molecular flexibility index (Phi) is 5.35. The van der Waals surface area contributed by atoms with Crippen molar-refractivity contribution in [1.82, 2.24) is 15.3 Å². The number of aryl methyl sites for hydroxylation is 2. The number of carbonyl (C=O) groups excluding carboxylic acids is 1. The number of benzene rings is 2. The van der Waals surface area contributed by atoms with E-state index < -0.39 is 0 Å². The van der Waals surface area contributed by atoms with Gasteiger partial charge in [0.15, 0.2) is 11.5 Å². The van der Waals surface area contributed by atoms with Crippen LogP contribution in [0.4, 0.5) is 5.00 Å². The Morgan fingerprint density at radius 3 is 2.42 bits per heavy atom. The van der Waals surface area contributed by atoms with Gasteiger partial charge in [0.1, 0.15) is 5.00 Å². The number of hydrogen-bond donors (Lipinski definition) is 1. The normalized spacial score (nSPS) is 11.0. The van der Waals surface area contributed by atoms with Gasteiger partial charge in [0, 0.05) is 22.1 Å². The summed E-state index contributed by atoms with van der Waals surface area (Å²) in [5.74, 6) is 1.00. The van der Waals surface area contributed by atoms with Crippen molar-refractivity contribution in [3.8, 4) is 34.2 Å². The summed E-state index contributed by atoms with van der Waals surface area (Å²) in [5.41, 5.74) is 4.74. The number of hydrogen-bond acceptors (Lipinski definition) is 7. The quantitative estimate of drug-likeness (QED) is 0.334. The van der Waals surface area contributed by atoms with Crippen molar-refractivity contribution in [3.63, 3.8) is 0 Å². The maximum Gasteiger partial charge on any atom is 0.278 e. The van der Waals surface area contributed by atoms with Gasteiger partial charge in [-0.1, -0.05) is 70.5 Å². The van der Waals surface area contributed by atoms with Crippen LogP contribution < -0.4 is 5.32 Å². The zero-order valence-corrected chi connectivity index (χ0v) is 19.1. The van der Waals surface area contributed by atoms with Gasteiger partial charge in [-0.15, -0.1) is 11.3 Å². The third-order valence-corrected chi connectivity index (χ3v) is 6.49. The van der Waals surface area contributed by atoms with Crippen LogP contribution in [-0.4, -0.2) is 21.2 Å². The number of nitrogens with one attached hydrogen (secondary N) is 1. The van der Waals surface area contributed by atoms with Gasteiger partial charge in [-0.25, -0.2) is 0 Å². The Hall–Kier alpha value is -4.04. The lowest BCUT2D eigenvalue weighted by molar-refractivity contribution is 0.101. The Morgan fingerprint density at radius 2 is 1.67 bits per heavy atom. The van der Waals surface area contributed by atoms with E-state index in [1.165, 1.54) is 11.3 Å². The molecule has 0 saturated heterocycles. The van der Waals surface area contributed by atoms with Crippen LogP contribution in [0.2, 0.25) is 0 Å². The van der Waals surface area contributed by atoms with Gasteiger partial charge in [0.25, 0.3) is 11.8 Å². The molecule has 0 spiro atoms. The molecule has 2 aromatic carbocycles. The molecule has 3 heterocycles. The van der Waals surface area contributed by atoms with E-state index in [9.17, 15) is 4.79 Å². The fourth-order valence-corrected chi connectivity index (χ4v) is 4.45. The molecule has 0 bridgehead atoms. The summed E-state index contributed by atoms with van der Waals surface area (Å²) in [5, 5.41) is 11.6. The number of rotatable bonds is 5. The molecule has 33 heavy (non-hydrogen) atoms. The number of nitrogens with zero attached hydrogens (tertiary/aromatic N) is 3. The van der Waals surface area contributed by atoms with Crippen molar-refractivity contribution in [3.05, 3.63) is 82.4 Å². The number of anilines is 1. The van der Waals surface area contributed by atoms with Crippen LogP contribution in [0.15, 0.2) is 69.7 Å². The minimum Gasteiger partial charge on any atom is -0.355 e. The summed E-state index contributed by atoms with van der Waals surface area (Å²) in [4.78, 5) is 18.6. The number of amides is 1. The zero-order chi connectivity index (χ0) is 22.9. The van der Waals surface area contributed by atoms with E-state index in [0.29, 0.717) is 28.0 Å². The van der Waals surface area contributed by atoms with Crippen LogP contribution in [0.1, 0.15) is 26.5 Å². The van der Waals surface area contributed by atoms with Crippen LogP contribution in [0.5, 0.6) is 0 Å². The van der Waals surface area contributed by atoms with Crippen LogP contribution in [-0.2, 0) is 0 Å². The molecule has 0 unspecified atom stereocenters. The second-order valence-corrected chi connectivity index (χ2v) is 8.90. The van der Waals surface area contributed by atoms with Crippen LogP contribution in [0.25, 0.3) is 34.2 Å². The van der Waals surface area contributed by atoms with Crippen molar-refractivity contribution in [2.45, 2.75) is 20.8 Å². The topological polar surface area (TPSA) is 94.1 Å². The van der Waals surface area contributed by atoms with Gasteiger partial charge in [-0.05, 0) is 26.3 Å². The molecule has 0 radical (unpaired) electrons. The maximum atomic E-state index is 12.9. The molecule has 0 aliphatic heterocycles. The summed E-state index contributed by atoms with van der Waals surface area (Å²) in [6.07, 6.45) is 0. The van der Waals surface area contributed by atoms with E-state index in [1.54, 1.807) is 6.07 Å². The number of aromatic nitrogens is 3. The van der Waals surface area contributed by atoms with Gasteiger partial charge in [0.2, 0.25) is 5.82 Å². The highest BCUT2D eigenvalue weighted by atomic mass is 32.1. The van der Waals surface area contributed by atoms with Gasteiger partial charge >= 0.3 is 0 Å². The van der Waals surface area contributed by atoms with E-state index in [2.05, 4.69) is 20.6 Å². The second-order valence-electron chi connectivity index (χ2n) is 7.67. The summed E-state index contributed by atoms with van der Waals surface area (Å²) >= 11 is 1.45. The molecule has 0 atom stereocenters. The molecule has 0 fully saturated rings. The molecule has 1 N–H and O–H groups in total. The zero-order valence-electron chi connectivity index (χ0n) is 18.2. The monoisotopic (exact) mass is 456 g/mol. The lowest BCUT2D eigenvalue weighted by atomic mass is 10.1. The van der Waals surface area contributed by atoms with Gasteiger partial charge in [0.05, 0.1) is 5.56 Å². The molecule has 3 aromatic heterocycles. The maximum absolute atomic E-state index is 12.9. The van der Waals surface area contributed by atoms with Crippen LogP contribution >= 0.6 is 11.3 Å². The Labute approximate surface area is 194 Å². The molecule has 164 valence electrons. The lowest BCUT2D eigenvalue weighted by Gasteiger charge is -2.02. The lowest BCUT2D eigenvalue weighted by Crippen LogP contribution is -2.11. The standard InChI is InChI=1S/C25H20N4O3S/c1-14-9-11-18(12-10-14)22-26-24(32-29-22)21-15(2)16(3)33-25(21)27-23(30)19-13-20(31-28-19)17-7-5-4-6-8-17/h4-13H,1-3H3,(H,27,30). The molecular formula is C25H20N4O3S.